The van der Waals surface area contributed by atoms with E-state index in [-0.39, 0.29) is 0 Å². The van der Waals surface area contributed by atoms with Crippen molar-refractivity contribution in [2.24, 2.45) is 5.92 Å². The van der Waals surface area contributed by atoms with Crippen LogP contribution in [0, 0.1) is 5.92 Å². The molecule has 1 aliphatic carbocycles. The van der Waals surface area contributed by atoms with E-state index in [1.165, 1.54) is 32.1 Å². The Morgan fingerprint density at radius 1 is 1.38 bits per heavy atom. The van der Waals surface area contributed by atoms with Crippen molar-refractivity contribution in [3.05, 3.63) is 0 Å². The van der Waals surface area contributed by atoms with Crippen molar-refractivity contribution in [1.29, 1.82) is 0 Å². The maximum Gasteiger partial charge on any atom is 0.0406 e. The van der Waals surface area contributed by atoms with E-state index >= 15 is 0 Å². The van der Waals surface area contributed by atoms with Crippen LogP contribution in [-0.2, 0) is 0 Å². The Hall–Kier alpha value is 0.250. The quantitative estimate of drug-likeness (QED) is 0.517. The van der Waals surface area contributed by atoms with Gasteiger partial charge in [-0.3, -0.25) is 0 Å². The first-order chi connectivity index (χ1) is 6.18. The maximum absolute atomic E-state index is 5.94. The average molecular weight is 204 g/mol. The van der Waals surface area contributed by atoms with Gasteiger partial charge in [0.15, 0.2) is 0 Å². The van der Waals surface area contributed by atoms with Crippen LogP contribution in [0.15, 0.2) is 0 Å². The van der Waals surface area contributed by atoms with Crippen LogP contribution in [0.1, 0.15) is 46.0 Å². The van der Waals surface area contributed by atoms with Gasteiger partial charge in [-0.2, -0.15) is 0 Å². The lowest BCUT2D eigenvalue weighted by Crippen LogP contribution is -2.52. The van der Waals surface area contributed by atoms with Gasteiger partial charge in [-0.15, -0.1) is 11.6 Å². The Balaban J connectivity index is 2.04. The van der Waals surface area contributed by atoms with Crippen molar-refractivity contribution >= 4 is 11.6 Å². The molecule has 0 saturated heterocycles. The molecule has 1 rings (SSSR count). The third-order valence-electron chi connectivity index (χ3n) is 3.02. The molecule has 0 atom stereocenters. The van der Waals surface area contributed by atoms with Crippen LogP contribution in [-0.4, -0.2) is 18.0 Å². The summed E-state index contributed by atoms with van der Waals surface area (Å²) in [7, 11) is 0. The first kappa shape index (κ1) is 11.3. The molecular weight excluding hydrogens is 182 g/mol. The molecule has 0 radical (unpaired) electrons. The smallest absolute Gasteiger partial charge is 0.0406 e. The van der Waals surface area contributed by atoms with E-state index in [9.17, 15) is 0 Å². The molecule has 0 amide bonds. The van der Waals surface area contributed by atoms with Crippen LogP contribution in [0.25, 0.3) is 0 Å². The molecule has 1 fully saturated rings. The largest absolute Gasteiger partial charge is 0.310 e. The van der Waals surface area contributed by atoms with Gasteiger partial charge in [0.2, 0.25) is 0 Å². The monoisotopic (exact) mass is 203 g/mol. The molecule has 0 bridgehead atoms. The van der Waals surface area contributed by atoms with Gasteiger partial charge in [0.25, 0.3) is 0 Å². The first-order valence-corrected chi connectivity index (χ1v) is 6.03. The molecule has 1 saturated carbocycles. The van der Waals surface area contributed by atoms with E-state index in [0.29, 0.717) is 5.54 Å². The summed E-state index contributed by atoms with van der Waals surface area (Å²) in [5.41, 5.74) is 0.318. The Bertz CT molecular complexity index is 136. The molecule has 13 heavy (non-hydrogen) atoms. The first-order valence-electron chi connectivity index (χ1n) is 5.49. The Morgan fingerprint density at radius 2 is 2.08 bits per heavy atom. The van der Waals surface area contributed by atoms with E-state index in [2.05, 4.69) is 19.2 Å². The lowest BCUT2D eigenvalue weighted by Gasteiger charge is -2.41. The van der Waals surface area contributed by atoms with Crippen molar-refractivity contribution in [3.63, 3.8) is 0 Å². The second-order valence-corrected chi connectivity index (χ2v) is 5.00. The van der Waals surface area contributed by atoms with Gasteiger partial charge in [-0.05, 0) is 44.6 Å². The number of rotatable bonds is 6. The van der Waals surface area contributed by atoms with E-state index in [1.54, 1.807) is 0 Å². The molecule has 0 heterocycles. The molecule has 2 heteroatoms. The van der Waals surface area contributed by atoms with Gasteiger partial charge >= 0.3 is 0 Å². The fourth-order valence-electron chi connectivity index (χ4n) is 1.83. The molecule has 0 unspecified atom stereocenters. The molecule has 0 aromatic carbocycles. The zero-order valence-electron chi connectivity index (χ0n) is 8.91. The molecule has 0 aromatic rings. The van der Waals surface area contributed by atoms with Crippen LogP contribution in [0.2, 0.25) is 0 Å². The molecule has 78 valence electrons. The summed E-state index contributed by atoms with van der Waals surface area (Å²) >= 11 is 5.94. The number of nitrogens with one attached hydrogen (secondary N) is 1. The Kier molecular flexibility index (Phi) is 4.54. The fraction of sp³-hybridized carbons (Fsp3) is 1.00. The third-order valence-corrected chi connectivity index (χ3v) is 3.54. The third kappa shape index (κ3) is 3.47. The SMILES string of the molecule is CC(C)CCCNC1(CCl)CCC1. The van der Waals surface area contributed by atoms with E-state index < -0.39 is 0 Å². The predicted octanol–water partition coefficient (Wildman–Crippen LogP) is 3.17. The van der Waals surface area contributed by atoms with Gasteiger partial charge < -0.3 is 5.32 Å². The van der Waals surface area contributed by atoms with Crippen LogP contribution in [0.5, 0.6) is 0 Å². The summed E-state index contributed by atoms with van der Waals surface area (Å²) in [6.45, 7) is 5.70. The fourth-order valence-corrected chi connectivity index (χ4v) is 2.19. The highest BCUT2D eigenvalue weighted by Gasteiger charge is 2.34. The van der Waals surface area contributed by atoms with Gasteiger partial charge in [0, 0.05) is 11.4 Å². The maximum atomic E-state index is 5.94. The lowest BCUT2D eigenvalue weighted by atomic mass is 9.78. The Labute approximate surface area is 87.2 Å². The molecule has 0 spiro atoms. The second kappa shape index (κ2) is 5.21. The van der Waals surface area contributed by atoms with Crippen molar-refractivity contribution in [2.45, 2.75) is 51.5 Å². The highest BCUT2D eigenvalue weighted by atomic mass is 35.5. The number of hydrogen-bond acceptors (Lipinski definition) is 1. The molecule has 1 aliphatic rings. The van der Waals surface area contributed by atoms with E-state index in [4.69, 9.17) is 11.6 Å². The van der Waals surface area contributed by atoms with Gasteiger partial charge in [-0.25, -0.2) is 0 Å². The normalized spacial score (nSPS) is 20.3. The summed E-state index contributed by atoms with van der Waals surface area (Å²) in [5.74, 6) is 1.62. The van der Waals surface area contributed by atoms with Crippen LogP contribution in [0.4, 0.5) is 0 Å². The highest BCUT2D eigenvalue weighted by Crippen LogP contribution is 2.32. The molecule has 1 N–H and O–H groups in total. The van der Waals surface area contributed by atoms with Gasteiger partial charge in [0.1, 0.15) is 0 Å². The lowest BCUT2D eigenvalue weighted by molar-refractivity contribution is 0.211. The molecule has 1 nitrogen and oxygen atoms in total. The van der Waals surface area contributed by atoms with Gasteiger partial charge in [0.05, 0.1) is 0 Å². The zero-order chi connectivity index (χ0) is 9.73. The molecule has 0 aromatic heterocycles. The van der Waals surface area contributed by atoms with Crippen LogP contribution >= 0.6 is 11.6 Å². The minimum Gasteiger partial charge on any atom is -0.310 e. The number of alkyl halides is 1. The van der Waals surface area contributed by atoms with Gasteiger partial charge in [-0.1, -0.05) is 13.8 Å². The van der Waals surface area contributed by atoms with E-state index in [0.717, 1.165) is 18.3 Å². The number of halogens is 1. The minimum atomic E-state index is 0.318. The Morgan fingerprint density at radius 3 is 2.46 bits per heavy atom. The summed E-state index contributed by atoms with van der Waals surface area (Å²) in [6, 6.07) is 0. The van der Waals surface area contributed by atoms with Crippen LogP contribution in [0.3, 0.4) is 0 Å². The topological polar surface area (TPSA) is 12.0 Å². The standard InChI is InChI=1S/C11H22ClN/c1-10(2)5-3-8-13-11(9-12)6-4-7-11/h10,13H,3-9H2,1-2H3. The molecular formula is C11H22ClN. The van der Waals surface area contributed by atoms with Crippen LogP contribution < -0.4 is 5.32 Å². The summed E-state index contributed by atoms with van der Waals surface area (Å²) in [5, 5.41) is 3.61. The minimum absolute atomic E-state index is 0.318. The van der Waals surface area contributed by atoms with E-state index in [1.807, 2.05) is 0 Å². The average Bonchev–Trinajstić information content (AvgIpc) is 2.01. The molecule has 0 aliphatic heterocycles. The summed E-state index contributed by atoms with van der Waals surface area (Å²) in [4.78, 5) is 0. The van der Waals surface area contributed by atoms with Crippen molar-refractivity contribution in [1.82, 2.24) is 5.32 Å². The zero-order valence-corrected chi connectivity index (χ0v) is 9.66. The second-order valence-electron chi connectivity index (χ2n) is 4.73. The van der Waals surface area contributed by atoms with Crippen molar-refractivity contribution < 1.29 is 0 Å². The summed E-state index contributed by atoms with van der Waals surface area (Å²) < 4.78 is 0. The highest BCUT2D eigenvalue weighted by molar-refractivity contribution is 6.18. The number of hydrogen-bond donors (Lipinski definition) is 1. The predicted molar refractivity (Wildman–Crippen MR) is 59.4 cm³/mol. The van der Waals surface area contributed by atoms with Crippen molar-refractivity contribution in [3.8, 4) is 0 Å². The van der Waals surface area contributed by atoms with Crippen molar-refractivity contribution in [2.75, 3.05) is 12.4 Å². The summed E-state index contributed by atoms with van der Waals surface area (Å²) in [6.07, 6.45) is 6.52.